The van der Waals surface area contributed by atoms with Gasteiger partial charge in [-0.25, -0.2) is 4.98 Å². The molecule has 0 spiro atoms. The molecule has 0 saturated carbocycles. The molecule has 1 aliphatic rings. The fraction of sp³-hybridized carbons (Fsp3) is 0.348. The number of carbonyl (C=O) groups is 1. The Labute approximate surface area is 180 Å². The molecule has 2 N–H and O–H groups in total. The molecular weight excluding hydrogens is 396 g/mol. The van der Waals surface area contributed by atoms with Gasteiger partial charge in [-0.15, -0.1) is 0 Å². The summed E-state index contributed by atoms with van der Waals surface area (Å²) in [6, 6.07) is 13.0. The van der Waals surface area contributed by atoms with Crippen molar-refractivity contribution in [2.75, 3.05) is 20.8 Å². The van der Waals surface area contributed by atoms with Crippen LogP contribution < -0.4 is 20.8 Å². The van der Waals surface area contributed by atoms with Crippen LogP contribution in [0.1, 0.15) is 30.3 Å². The van der Waals surface area contributed by atoms with Crippen LogP contribution in [0.15, 0.2) is 47.3 Å². The zero-order valence-electron chi connectivity index (χ0n) is 17.7. The molecule has 1 aliphatic heterocycles. The lowest BCUT2D eigenvalue weighted by Gasteiger charge is -2.27. The van der Waals surface area contributed by atoms with E-state index in [1.54, 1.807) is 32.4 Å². The van der Waals surface area contributed by atoms with Crippen LogP contribution in [0, 0.1) is 0 Å². The second-order valence-corrected chi connectivity index (χ2v) is 7.64. The van der Waals surface area contributed by atoms with Gasteiger partial charge < -0.3 is 15.2 Å². The number of primary amides is 1. The van der Waals surface area contributed by atoms with Gasteiger partial charge in [0, 0.05) is 11.6 Å². The normalized spacial score (nSPS) is 16.5. The molecule has 1 saturated heterocycles. The summed E-state index contributed by atoms with van der Waals surface area (Å²) >= 11 is 0. The van der Waals surface area contributed by atoms with Crippen molar-refractivity contribution in [1.82, 2.24) is 14.5 Å². The van der Waals surface area contributed by atoms with Crippen LogP contribution >= 0.6 is 0 Å². The predicted octanol–water partition coefficient (Wildman–Crippen LogP) is 2.24. The van der Waals surface area contributed by atoms with Gasteiger partial charge in [0.1, 0.15) is 23.9 Å². The van der Waals surface area contributed by atoms with E-state index in [-0.39, 0.29) is 18.1 Å². The second-order valence-electron chi connectivity index (χ2n) is 7.64. The lowest BCUT2D eigenvalue weighted by Crippen LogP contribution is -2.34. The summed E-state index contributed by atoms with van der Waals surface area (Å²) in [7, 11) is 3.29. The smallest absolute Gasteiger partial charge is 0.261 e. The topological polar surface area (TPSA) is 99.7 Å². The maximum Gasteiger partial charge on any atom is 0.261 e. The van der Waals surface area contributed by atoms with Gasteiger partial charge in [0.2, 0.25) is 5.91 Å². The molecule has 1 fully saturated rings. The molecule has 2 heterocycles. The maximum absolute atomic E-state index is 13.1. The van der Waals surface area contributed by atoms with Gasteiger partial charge in [-0.2, -0.15) is 0 Å². The van der Waals surface area contributed by atoms with Crippen LogP contribution in [0.4, 0.5) is 0 Å². The summed E-state index contributed by atoms with van der Waals surface area (Å²) in [4.78, 5) is 31.7. The van der Waals surface area contributed by atoms with Crippen molar-refractivity contribution in [3.8, 4) is 11.5 Å². The number of benzene rings is 2. The Bertz CT molecular complexity index is 1170. The van der Waals surface area contributed by atoms with Crippen LogP contribution in [-0.4, -0.2) is 41.1 Å². The first-order valence-corrected chi connectivity index (χ1v) is 10.2. The Hall–Kier alpha value is -3.39. The fourth-order valence-electron chi connectivity index (χ4n) is 4.30. The van der Waals surface area contributed by atoms with Crippen LogP contribution in [0.25, 0.3) is 10.9 Å². The molecular formula is C23H26N4O4. The number of likely N-dealkylation sites (tertiary alicyclic amines) is 1. The summed E-state index contributed by atoms with van der Waals surface area (Å²) < 4.78 is 12.4. The van der Waals surface area contributed by atoms with Crippen LogP contribution in [-0.2, 0) is 17.9 Å². The van der Waals surface area contributed by atoms with Gasteiger partial charge in [0.15, 0.2) is 0 Å². The lowest BCUT2D eigenvalue weighted by atomic mass is 10.0. The van der Waals surface area contributed by atoms with Gasteiger partial charge in [0.25, 0.3) is 5.56 Å². The molecule has 3 aromatic rings. The van der Waals surface area contributed by atoms with Crippen molar-refractivity contribution >= 4 is 16.8 Å². The number of carbonyl (C=O) groups excluding carboxylic acids is 1. The average molecular weight is 422 g/mol. The van der Waals surface area contributed by atoms with E-state index in [0.717, 1.165) is 36.4 Å². The first-order chi connectivity index (χ1) is 15.0. The number of aromatic nitrogens is 2. The first-order valence-electron chi connectivity index (χ1n) is 10.2. The third-order valence-electron chi connectivity index (χ3n) is 5.76. The summed E-state index contributed by atoms with van der Waals surface area (Å²) in [5.74, 6) is 1.50. The first kappa shape index (κ1) is 20.9. The number of amides is 1. The highest BCUT2D eigenvalue weighted by molar-refractivity contribution is 5.78. The fourth-order valence-corrected chi connectivity index (χ4v) is 4.30. The summed E-state index contributed by atoms with van der Waals surface area (Å²) in [6.07, 6.45) is 1.94. The SMILES string of the molecule is COc1ccc(OC)c([C@H]2CCCN2Cc2nc3ccccc3c(=O)n2CC(N)=O)c1. The van der Waals surface area contributed by atoms with E-state index in [1.807, 2.05) is 24.3 Å². The van der Waals surface area contributed by atoms with Crippen molar-refractivity contribution in [1.29, 1.82) is 0 Å². The number of rotatable bonds is 7. The van der Waals surface area contributed by atoms with E-state index >= 15 is 0 Å². The number of nitrogens with zero attached hydrogens (tertiary/aromatic N) is 3. The maximum atomic E-state index is 13.1. The van der Waals surface area contributed by atoms with E-state index in [4.69, 9.17) is 20.2 Å². The summed E-state index contributed by atoms with van der Waals surface area (Å²) in [5.41, 5.74) is 6.82. The highest BCUT2D eigenvalue weighted by atomic mass is 16.5. The molecule has 8 nitrogen and oxygen atoms in total. The zero-order chi connectivity index (χ0) is 22.0. The predicted molar refractivity (Wildman–Crippen MR) is 117 cm³/mol. The van der Waals surface area contributed by atoms with Crippen molar-refractivity contribution < 1.29 is 14.3 Å². The van der Waals surface area contributed by atoms with Crippen LogP contribution in [0.2, 0.25) is 0 Å². The molecule has 162 valence electrons. The molecule has 1 aromatic heterocycles. The van der Waals surface area contributed by atoms with Crippen molar-refractivity contribution in [2.24, 2.45) is 5.73 Å². The van der Waals surface area contributed by atoms with Crippen LogP contribution in [0.3, 0.4) is 0 Å². The molecule has 2 aromatic carbocycles. The molecule has 8 heteroatoms. The minimum atomic E-state index is -0.576. The minimum Gasteiger partial charge on any atom is -0.497 e. The molecule has 0 bridgehead atoms. The van der Waals surface area contributed by atoms with Crippen molar-refractivity contribution in [3.05, 3.63) is 64.2 Å². The Kier molecular flexibility index (Phi) is 5.90. The monoisotopic (exact) mass is 422 g/mol. The number of methoxy groups -OCH3 is 2. The van der Waals surface area contributed by atoms with E-state index in [0.29, 0.717) is 23.3 Å². The number of para-hydroxylation sites is 1. The zero-order valence-corrected chi connectivity index (χ0v) is 17.7. The molecule has 0 unspecified atom stereocenters. The van der Waals surface area contributed by atoms with Crippen molar-refractivity contribution in [3.63, 3.8) is 0 Å². The highest BCUT2D eigenvalue weighted by Crippen LogP contribution is 2.39. The lowest BCUT2D eigenvalue weighted by molar-refractivity contribution is -0.118. The number of fused-ring (bicyclic) bond motifs is 1. The highest BCUT2D eigenvalue weighted by Gasteiger charge is 2.30. The van der Waals surface area contributed by atoms with E-state index in [2.05, 4.69) is 4.90 Å². The molecule has 0 radical (unpaired) electrons. The van der Waals surface area contributed by atoms with Gasteiger partial charge in [-0.05, 0) is 49.7 Å². The van der Waals surface area contributed by atoms with Crippen LogP contribution in [0.5, 0.6) is 11.5 Å². The molecule has 1 amide bonds. The molecule has 31 heavy (non-hydrogen) atoms. The third-order valence-corrected chi connectivity index (χ3v) is 5.76. The Morgan fingerprint density at radius 3 is 2.74 bits per heavy atom. The number of hydrogen-bond donors (Lipinski definition) is 1. The average Bonchev–Trinajstić information content (AvgIpc) is 3.23. The summed E-state index contributed by atoms with van der Waals surface area (Å²) in [6.45, 7) is 1.05. The molecule has 4 rings (SSSR count). The minimum absolute atomic E-state index is 0.0791. The quantitative estimate of drug-likeness (QED) is 0.627. The van der Waals surface area contributed by atoms with E-state index in [9.17, 15) is 9.59 Å². The van der Waals surface area contributed by atoms with Gasteiger partial charge in [-0.1, -0.05) is 12.1 Å². The third kappa shape index (κ3) is 4.11. The molecule has 1 atom stereocenters. The Morgan fingerprint density at radius 1 is 1.19 bits per heavy atom. The standard InChI is InChI=1S/C23H26N4O4/c1-30-15-9-10-20(31-2)17(12-15)19-8-5-11-26(19)14-22-25-18-7-4-3-6-16(18)23(29)27(22)13-21(24)28/h3-4,6-7,9-10,12,19H,5,8,11,13-14H2,1-2H3,(H2,24,28)/t19-/m1/s1. The van der Waals surface area contributed by atoms with Gasteiger partial charge >= 0.3 is 0 Å². The van der Waals surface area contributed by atoms with Gasteiger partial charge in [-0.3, -0.25) is 19.1 Å². The number of nitrogens with two attached hydrogens (primary N) is 1. The van der Waals surface area contributed by atoms with Crippen molar-refractivity contribution in [2.45, 2.75) is 32.0 Å². The largest absolute Gasteiger partial charge is 0.497 e. The second kappa shape index (κ2) is 8.77. The van der Waals surface area contributed by atoms with E-state index < -0.39 is 5.91 Å². The molecule has 0 aliphatic carbocycles. The number of hydrogen-bond acceptors (Lipinski definition) is 6. The Balaban J connectivity index is 1.75. The summed E-state index contributed by atoms with van der Waals surface area (Å²) in [5, 5.41) is 0.472. The number of ether oxygens (including phenoxy) is 2. The Morgan fingerprint density at radius 2 is 2.00 bits per heavy atom. The van der Waals surface area contributed by atoms with E-state index in [1.165, 1.54) is 4.57 Å². The van der Waals surface area contributed by atoms with Gasteiger partial charge in [0.05, 0.1) is 31.7 Å².